The fraction of sp³-hybridized carbons (Fsp3) is 0.708. The molecule has 8 heteroatoms. The monoisotopic (exact) mass is 451 g/mol. The summed E-state index contributed by atoms with van der Waals surface area (Å²) in [5, 5.41) is 0. The number of carbonyl (C=O) groups excluding carboxylic acids is 1. The van der Waals surface area contributed by atoms with E-state index in [-0.39, 0.29) is 18.9 Å². The number of piperidine rings is 1. The average molecular weight is 452 g/mol. The first-order chi connectivity index (χ1) is 15.4. The zero-order valence-corrected chi connectivity index (χ0v) is 18.9. The van der Waals surface area contributed by atoms with Crippen LogP contribution >= 0.6 is 0 Å². The molecule has 4 rings (SSSR count). The fourth-order valence-electron chi connectivity index (χ4n) is 5.04. The van der Waals surface area contributed by atoms with Crippen LogP contribution in [0.1, 0.15) is 39.0 Å². The minimum Gasteiger partial charge on any atom is -0.494 e. The third-order valence-electron chi connectivity index (χ3n) is 6.98. The Morgan fingerprint density at radius 1 is 1.19 bits per heavy atom. The average Bonchev–Trinajstić information content (AvgIpc) is 3.39. The number of likely N-dealkylation sites (tertiary alicyclic amines) is 2. The maximum absolute atomic E-state index is 13.5. The molecule has 0 aliphatic carbocycles. The summed E-state index contributed by atoms with van der Waals surface area (Å²) in [6.07, 6.45) is 3.50. The lowest BCUT2D eigenvalue weighted by molar-refractivity contribution is -0.115. The van der Waals surface area contributed by atoms with Gasteiger partial charge in [-0.1, -0.05) is 0 Å². The van der Waals surface area contributed by atoms with Gasteiger partial charge in [0.2, 0.25) is 0 Å². The topological polar surface area (TPSA) is 45.2 Å². The molecule has 3 aliphatic heterocycles. The van der Waals surface area contributed by atoms with E-state index in [0.29, 0.717) is 38.9 Å². The second kappa shape index (κ2) is 10.4. The first-order valence-electron chi connectivity index (χ1n) is 11.9. The van der Waals surface area contributed by atoms with Crippen LogP contribution in [0, 0.1) is 0 Å². The molecule has 6 nitrogen and oxygen atoms in total. The molecule has 3 fully saturated rings. The Hall–Kier alpha value is -1.77. The summed E-state index contributed by atoms with van der Waals surface area (Å²) < 4.78 is 38.5. The number of halogens is 2. The molecule has 0 N–H and O–H groups in total. The molecule has 0 amide bonds. The Labute approximate surface area is 189 Å². The number of rotatable bonds is 9. The van der Waals surface area contributed by atoms with Crippen LogP contribution in [0.5, 0.6) is 5.75 Å². The summed E-state index contributed by atoms with van der Waals surface area (Å²) in [6, 6.07) is 8.36. The number of hydrogen-bond acceptors (Lipinski definition) is 6. The van der Waals surface area contributed by atoms with Crippen LogP contribution < -0.4 is 9.64 Å². The van der Waals surface area contributed by atoms with Gasteiger partial charge in [-0.3, -0.25) is 4.79 Å². The van der Waals surface area contributed by atoms with Crippen molar-refractivity contribution in [2.24, 2.45) is 0 Å². The van der Waals surface area contributed by atoms with Gasteiger partial charge in [-0.15, -0.1) is 0 Å². The molecule has 1 aromatic rings. The highest BCUT2D eigenvalue weighted by atomic mass is 19.3. The van der Waals surface area contributed by atoms with Gasteiger partial charge in [0, 0.05) is 50.7 Å². The summed E-state index contributed by atoms with van der Waals surface area (Å²) in [5.74, 6) is -1.75. The number of ether oxygens (including phenoxy) is 2. The van der Waals surface area contributed by atoms with Crippen molar-refractivity contribution < 1.29 is 23.0 Å². The van der Waals surface area contributed by atoms with Gasteiger partial charge in [0.05, 0.1) is 19.3 Å². The molecule has 0 aromatic heterocycles. The number of nitrogens with zero attached hydrogens (tertiary/aromatic N) is 3. The summed E-state index contributed by atoms with van der Waals surface area (Å²) in [7, 11) is 0. The van der Waals surface area contributed by atoms with Crippen molar-refractivity contribution in [2.75, 3.05) is 50.8 Å². The van der Waals surface area contributed by atoms with Gasteiger partial charge in [-0.05, 0) is 57.0 Å². The van der Waals surface area contributed by atoms with E-state index in [0.717, 1.165) is 30.7 Å². The maximum Gasteiger partial charge on any atom is 0.250 e. The molecule has 3 unspecified atom stereocenters. The first-order valence-corrected chi connectivity index (χ1v) is 11.9. The van der Waals surface area contributed by atoms with Crippen molar-refractivity contribution in [2.45, 2.75) is 63.3 Å². The van der Waals surface area contributed by atoms with E-state index in [2.05, 4.69) is 11.8 Å². The second-order valence-electron chi connectivity index (χ2n) is 9.30. The molecule has 3 heterocycles. The van der Waals surface area contributed by atoms with E-state index in [1.807, 2.05) is 34.1 Å². The smallest absolute Gasteiger partial charge is 0.250 e. The zero-order chi connectivity index (χ0) is 22.6. The molecule has 0 radical (unpaired) electrons. The van der Waals surface area contributed by atoms with Crippen LogP contribution in [0.2, 0.25) is 0 Å². The lowest BCUT2D eigenvalue weighted by Crippen LogP contribution is -2.48. The van der Waals surface area contributed by atoms with Crippen LogP contribution in [0.4, 0.5) is 14.5 Å². The number of hydrogen-bond donors (Lipinski definition) is 0. The first kappa shape index (κ1) is 23.4. The molecule has 3 aliphatic rings. The molecule has 32 heavy (non-hydrogen) atoms. The van der Waals surface area contributed by atoms with Gasteiger partial charge < -0.3 is 24.2 Å². The van der Waals surface area contributed by atoms with E-state index in [1.165, 1.54) is 19.4 Å². The van der Waals surface area contributed by atoms with Crippen LogP contribution in [0.25, 0.3) is 0 Å². The lowest BCUT2D eigenvalue weighted by Gasteiger charge is -2.36. The summed E-state index contributed by atoms with van der Waals surface area (Å²) in [5.41, 5.74) is 0.880. The predicted octanol–water partition coefficient (Wildman–Crippen LogP) is 3.40. The number of benzene rings is 1. The largest absolute Gasteiger partial charge is 0.494 e. The lowest BCUT2D eigenvalue weighted by atomic mass is 10.1. The molecule has 3 atom stereocenters. The maximum atomic E-state index is 13.5. The number of carbonyl (C=O) groups is 1. The standard InChI is InChI=1S/C24H35F2N3O3/c1-19-4-2-11-28(19)12-3-15-31-22-7-5-20(6-8-22)29-21(18-32-23(29)17-30)16-27-13-9-24(25,26)10-14-27/h5-8,17,19,21,23H,2-4,9-16,18H2,1H3. The summed E-state index contributed by atoms with van der Waals surface area (Å²) in [6.45, 7) is 6.96. The van der Waals surface area contributed by atoms with E-state index in [9.17, 15) is 13.6 Å². The SMILES string of the molecule is CC1CCCN1CCCOc1ccc(N2C(CN3CCC(F)(F)CC3)COC2C=O)cc1. The zero-order valence-electron chi connectivity index (χ0n) is 18.9. The van der Waals surface area contributed by atoms with Crippen molar-refractivity contribution in [3.8, 4) is 5.75 Å². The predicted molar refractivity (Wildman–Crippen MR) is 120 cm³/mol. The van der Waals surface area contributed by atoms with E-state index in [4.69, 9.17) is 9.47 Å². The highest BCUT2D eigenvalue weighted by molar-refractivity contribution is 5.66. The van der Waals surface area contributed by atoms with Crippen LogP contribution in [-0.2, 0) is 9.53 Å². The van der Waals surface area contributed by atoms with Crippen molar-refractivity contribution >= 4 is 12.0 Å². The van der Waals surface area contributed by atoms with E-state index in [1.54, 1.807) is 0 Å². The van der Waals surface area contributed by atoms with Crippen LogP contribution in [0.15, 0.2) is 24.3 Å². The number of aldehydes is 1. The summed E-state index contributed by atoms with van der Waals surface area (Å²) >= 11 is 0. The van der Waals surface area contributed by atoms with Crippen molar-refractivity contribution in [3.05, 3.63) is 24.3 Å². The van der Waals surface area contributed by atoms with Gasteiger partial charge in [-0.25, -0.2) is 8.78 Å². The number of alkyl halides is 2. The van der Waals surface area contributed by atoms with Gasteiger partial charge in [-0.2, -0.15) is 0 Å². The normalized spacial score (nSPS) is 28.8. The van der Waals surface area contributed by atoms with E-state index >= 15 is 0 Å². The molecule has 3 saturated heterocycles. The quantitative estimate of drug-likeness (QED) is 0.424. The second-order valence-corrected chi connectivity index (χ2v) is 9.30. The van der Waals surface area contributed by atoms with Crippen molar-refractivity contribution in [1.29, 1.82) is 0 Å². The fourth-order valence-corrected chi connectivity index (χ4v) is 5.04. The van der Waals surface area contributed by atoms with Crippen LogP contribution in [0.3, 0.4) is 0 Å². The highest BCUT2D eigenvalue weighted by Gasteiger charge is 2.39. The Bertz CT molecular complexity index is 739. The van der Waals surface area contributed by atoms with Gasteiger partial charge >= 0.3 is 0 Å². The minimum atomic E-state index is -2.56. The molecule has 1 aromatic carbocycles. The van der Waals surface area contributed by atoms with Crippen molar-refractivity contribution in [1.82, 2.24) is 9.80 Å². The van der Waals surface area contributed by atoms with Gasteiger partial charge in [0.15, 0.2) is 12.5 Å². The third-order valence-corrected chi connectivity index (χ3v) is 6.98. The minimum absolute atomic E-state index is 0.0499. The Balaban J connectivity index is 1.29. The molecule has 178 valence electrons. The molecule has 0 saturated carbocycles. The summed E-state index contributed by atoms with van der Waals surface area (Å²) in [4.78, 5) is 18.1. The van der Waals surface area contributed by atoms with Gasteiger partial charge in [0.1, 0.15) is 5.75 Å². The Kier molecular flexibility index (Phi) is 7.63. The number of anilines is 1. The third kappa shape index (κ3) is 5.77. The Morgan fingerprint density at radius 3 is 2.59 bits per heavy atom. The van der Waals surface area contributed by atoms with E-state index < -0.39 is 12.2 Å². The Morgan fingerprint density at radius 2 is 1.94 bits per heavy atom. The van der Waals surface area contributed by atoms with Crippen LogP contribution in [-0.4, -0.2) is 86.3 Å². The van der Waals surface area contributed by atoms with Gasteiger partial charge in [0.25, 0.3) is 5.92 Å². The molecular formula is C24H35F2N3O3. The molecular weight excluding hydrogens is 416 g/mol. The highest BCUT2D eigenvalue weighted by Crippen LogP contribution is 2.31. The molecule has 0 bridgehead atoms. The van der Waals surface area contributed by atoms with Crippen molar-refractivity contribution in [3.63, 3.8) is 0 Å². The molecule has 0 spiro atoms.